The van der Waals surface area contributed by atoms with Gasteiger partial charge in [0.25, 0.3) is 5.56 Å². The normalized spacial score (nSPS) is 18.7. The Morgan fingerprint density at radius 2 is 2.12 bits per heavy atom. The Balaban J connectivity index is 1.51. The predicted molar refractivity (Wildman–Crippen MR) is 125 cm³/mol. The summed E-state index contributed by atoms with van der Waals surface area (Å²) in [5.41, 5.74) is 4.87. The number of hydrogen-bond donors (Lipinski definition) is 1. The maximum atomic E-state index is 13.4. The summed E-state index contributed by atoms with van der Waals surface area (Å²) in [7, 11) is 0. The molecule has 8 heteroatoms. The molecule has 1 saturated heterocycles. The first-order chi connectivity index (χ1) is 16.2. The minimum Gasteiger partial charge on any atom is -0.376 e. The van der Waals surface area contributed by atoms with E-state index >= 15 is 0 Å². The maximum Gasteiger partial charge on any atom is 0.254 e. The minimum atomic E-state index is -0.403. The highest BCUT2D eigenvalue weighted by atomic mass is 16.5. The molecule has 2 aromatic carbocycles. The Labute approximate surface area is 191 Å². The second-order valence-electron chi connectivity index (χ2n) is 8.97. The number of nitrogens with one attached hydrogen (secondary N) is 1. The van der Waals surface area contributed by atoms with E-state index in [4.69, 9.17) is 4.74 Å². The number of ether oxygens (including phenoxy) is 1. The summed E-state index contributed by atoms with van der Waals surface area (Å²) in [6, 6.07) is 16.1. The number of aryl methyl sites for hydroxylation is 1. The Kier molecular flexibility index (Phi) is 4.95. The zero-order valence-corrected chi connectivity index (χ0v) is 18.6. The first-order valence-electron chi connectivity index (χ1n) is 11.5. The smallest absolute Gasteiger partial charge is 0.254 e. The second-order valence-corrected chi connectivity index (χ2v) is 8.97. The number of benzene rings is 2. The number of aromatic amines is 1. The van der Waals surface area contributed by atoms with Crippen LogP contribution in [0.5, 0.6) is 0 Å². The lowest BCUT2D eigenvalue weighted by molar-refractivity contribution is 0.0924. The molecule has 2 atom stereocenters. The van der Waals surface area contributed by atoms with Gasteiger partial charge >= 0.3 is 0 Å². The number of nitrogens with zero attached hydrogens (tertiary/aromatic N) is 5. The number of tetrazole rings is 1. The maximum absolute atomic E-state index is 13.4. The molecular weight excluding hydrogens is 416 g/mol. The van der Waals surface area contributed by atoms with Crippen molar-refractivity contribution in [1.82, 2.24) is 25.2 Å². The summed E-state index contributed by atoms with van der Waals surface area (Å²) >= 11 is 0. The number of anilines is 1. The number of para-hydroxylation sites is 1. The van der Waals surface area contributed by atoms with Crippen molar-refractivity contribution in [3.05, 3.63) is 81.4 Å². The molecule has 0 aliphatic carbocycles. The number of aromatic nitrogens is 5. The van der Waals surface area contributed by atoms with Crippen molar-refractivity contribution < 1.29 is 4.74 Å². The molecule has 2 aliphatic heterocycles. The number of fused-ring (bicyclic) bond motifs is 2. The molecule has 2 aliphatic rings. The van der Waals surface area contributed by atoms with Crippen molar-refractivity contribution in [3.8, 4) is 0 Å². The predicted octanol–water partition coefficient (Wildman–Crippen LogP) is 3.15. The van der Waals surface area contributed by atoms with Crippen LogP contribution in [0.25, 0.3) is 10.9 Å². The van der Waals surface area contributed by atoms with Crippen molar-refractivity contribution in [2.45, 2.75) is 44.9 Å². The van der Waals surface area contributed by atoms with Gasteiger partial charge in [0.1, 0.15) is 6.04 Å². The van der Waals surface area contributed by atoms with Crippen LogP contribution >= 0.6 is 0 Å². The molecule has 0 bridgehead atoms. The Morgan fingerprint density at radius 1 is 1.21 bits per heavy atom. The lowest BCUT2D eigenvalue weighted by Gasteiger charge is -2.29. The average Bonchev–Trinajstić information content (AvgIpc) is 3.57. The molecule has 0 radical (unpaired) electrons. The molecule has 0 spiro atoms. The SMILES string of the molecule is Cc1ccc2cc(C(c3nnnn3CC3CCCO3)N3CCc4ccccc43)c(=O)[nH]c2c1. The summed E-state index contributed by atoms with van der Waals surface area (Å²) in [4.78, 5) is 18.8. The van der Waals surface area contributed by atoms with Crippen LogP contribution in [0.3, 0.4) is 0 Å². The van der Waals surface area contributed by atoms with Gasteiger partial charge in [-0.15, -0.1) is 5.10 Å². The van der Waals surface area contributed by atoms with Crippen molar-refractivity contribution in [2.24, 2.45) is 0 Å². The van der Waals surface area contributed by atoms with Crippen LogP contribution in [0.15, 0.2) is 53.3 Å². The van der Waals surface area contributed by atoms with E-state index in [1.165, 1.54) is 5.56 Å². The summed E-state index contributed by atoms with van der Waals surface area (Å²) in [6.45, 7) is 4.17. The van der Waals surface area contributed by atoms with Gasteiger partial charge in [-0.25, -0.2) is 4.68 Å². The van der Waals surface area contributed by atoms with Crippen molar-refractivity contribution in [2.75, 3.05) is 18.1 Å². The van der Waals surface area contributed by atoms with Crippen molar-refractivity contribution in [3.63, 3.8) is 0 Å². The molecule has 4 heterocycles. The van der Waals surface area contributed by atoms with Crippen LogP contribution < -0.4 is 10.5 Å². The van der Waals surface area contributed by atoms with E-state index in [0.29, 0.717) is 17.9 Å². The van der Waals surface area contributed by atoms with E-state index in [2.05, 4.69) is 55.7 Å². The number of H-pyrrole nitrogens is 1. The number of hydrogen-bond acceptors (Lipinski definition) is 6. The molecule has 1 N–H and O–H groups in total. The van der Waals surface area contributed by atoms with E-state index in [1.807, 2.05) is 29.8 Å². The van der Waals surface area contributed by atoms with Gasteiger partial charge in [-0.1, -0.05) is 30.3 Å². The third-order valence-corrected chi connectivity index (χ3v) is 6.76. The monoisotopic (exact) mass is 442 g/mol. The van der Waals surface area contributed by atoms with Crippen LogP contribution in [0.4, 0.5) is 5.69 Å². The zero-order chi connectivity index (χ0) is 22.4. The molecule has 2 unspecified atom stereocenters. The Hall–Kier alpha value is -3.52. The van der Waals surface area contributed by atoms with Gasteiger partial charge in [-0.2, -0.15) is 0 Å². The topological polar surface area (TPSA) is 88.9 Å². The van der Waals surface area contributed by atoms with E-state index < -0.39 is 6.04 Å². The van der Waals surface area contributed by atoms with Gasteiger partial charge in [0.05, 0.1) is 12.6 Å². The molecule has 0 amide bonds. The quantitative estimate of drug-likeness (QED) is 0.511. The van der Waals surface area contributed by atoms with Crippen LogP contribution in [0.1, 0.15) is 41.4 Å². The fourth-order valence-corrected chi connectivity index (χ4v) is 5.13. The standard InChI is InChI=1S/C25H26N6O2/c1-16-8-9-18-14-20(25(32)26-21(18)13-16)23(30-11-10-17-5-2-3-7-22(17)30)24-27-28-29-31(24)15-19-6-4-12-33-19/h2-3,5,7-9,13-14,19,23H,4,6,10-12,15H2,1H3,(H,26,32). The molecule has 6 rings (SSSR count). The third-order valence-electron chi connectivity index (χ3n) is 6.76. The molecule has 168 valence electrons. The van der Waals surface area contributed by atoms with Crippen molar-refractivity contribution in [1.29, 1.82) is 0 Å². The highest BCUT2D eigenvalue weighted by Crippen LogP contribution is 2.37. The van der Waals surface area contributed by atoms with Crippen LogP contribution in [-0.2, 0) is 17.7 Å². The lowest BCUT2D eigenvalue weighted by atomic mass is 10.0. The van der Waals surface area contributed by atoms with Gasteiger partial charge in [-0.05, 0) is 71.3 Å². The number of rotatable bonds is 5. The largest absolute Gasteiger partial charge is 0.376 e. The van der Waals surface area contributed by atoms with E-state index in [0.717, 1.165) is 54.6 Å². The summed E-state index contributed by atoms with van der Waals surface area (Å²) in [6.07, 6.45) is 3.06. The first kappa shape index (κ1) is 20.1. The molecular formula is C25H26N6O2. The summed E-state index contributed by atoms with van der Waals surface area (Å²) < 4.78 is 7.66. The van der Waals surface area contributed by atoms with Crippen LogP contribution in [-0.4, -0.2) is 44.4 Å². The molecule has 33 heavy (non-hydrogen) atoms. The molecule has 2 aromatic heterocycles. The van der Waals surface area contributed by atoms with E-state index in [1.54, 1.807) is 0 Å². The van der Waals surface area contributed by atoms with E-state index in [-0.39, 0.29) is 11.7 Å². The first-order valence-corrected chi connectivity index (χ1v) is 11.5. The zero-order valence-electron chi connectivity index (χ0n) is 18.6. The summed E-state index contributed by atoms with van der Waals surface area (Å²) in [5.74, 6) is 0.666. The molecule has 8 nitrogen and oxygen atoms in total. The summed E-state index contributed by atoms with van der Waals surface area (Å²) in [5, 5.41) is 13.7. The fourth-order valence-electron chi connectivity index (χ4n) is 5.13. The molecule has 4 aromatic rings. The highest BCUT2D eigenvalue weighted by molar-refractivity contribution is 5.80. The van der Waals surface area contributed by atoms with Gasteiger partial charge in [0, 0.05) is 29.9 Å². The van der Waals surface area contributed by atoms with Gasteiger partial charge in [-0.3, -0.25) is 4.79 Å². The lowest BCUT2D eigenvalue weighted by Crippen LogP contribution is -2.35. The Morgan fingerprint density at radius 3 is 3.00 bits per heavy atom. The third kappa shape index (κ3) is 3.60. The van der Waals surface area contributed by atoms with Gasteiger partial charge in [0.2, 0.25) is 0 Å². The Bertz CT molecular complexity index is 1370. The molecule has 1 fully saturated rings. The van der Waals surface area contributed by atoms with Gasteiger partial charge < -0.3 is 14.6 Å². The minimum absolute atomic E-state index is 0.0941. The van der Waals surface area contributed by atoms with Crippen LogP contribution in [0.2, 0.25) is 0 Å². The van der Waals surface area contributed by atoms with E-state index in [9.17, 15) is 4.79 Å². The average molecular weight is 443 g/mol. The highest BCUT2D eigenvalue weighted by Gasteiger charge is 2.34. The number of pyridine rings is 1. The fraction of sp³-hybridized carbons (Fsp3) is 0.360. The molecule has 0 saturated carbocycles. The second kappa shape index (κ2) is 8.12. The van der Waals surface area contributed by atoms with Gasteiger partial charge in [0.15, 0.2) is 5.82 Å². The van der Waals surface area contributed by atoms with Crippen LogP contribution in [0, 0.1) is 6.92 Å². The van der Waals surface area contributed by atoms with Crippen molar-refractivity contribution >= 4 is 16.6 Å².